The smallest absolute Gasteiger partial charge is 0.114 e. The van der Waals surface area contributed by atoms with E-state index in [9.17, 15) is 0 Å². The van der Waals surface area contributed by atoms with Crippen molar-refractivity contribution in [3.63, 3.8) is 0 Å². The van der Waals surface area contributed by atoms with Crippen molar-refractivity contribution in [2.24, 2.45) is 0 Å². The number of nitrogens with zero attached hydrogens (tertiary/aromatic N) is 1. The van der Waals surface area contributed by atoms with Gasteiger partial charge in [0.05, 0.1) is 6.17 Å². The maximum atomic E-state index is 5.82. The van der Waals surface area contributed by atoms with Crippen LogP contribution < -0.4 is 21.5 Å². The minimum Gasteiger partial charge on any atom is -0.369 e. The number of likely N-dealkylation sites (N-methyl/N-ethyl adjacent to an activating group) is 1. The summed E-state index contributed by atoms with van der Waals surface area (Å²) in [4.78, 5) is 0. The van der Waals surface area contributed by atoms with E-state index in [1.165, 1.54) is 4.64 Å². The predicted molar refractivity (Wildman–Crippen MR) is 57.8 cm³/mol. The van der Waals surface area contributed by atoms with Gasteiger partial charge in [-0.3, -0.25) is 10.7 Å². The first kappa shape index (κ1) is 11.6. The highest BCUT2D eigenvalue weighted by atomic mass is 35.5. The summed E-state index contributed by atoms with van der Waals surface area (Å²) in [5.74, 6) is 0.903. The van der Waals surface area contributed by atoms with Crippen molar-refractivity contribution in [1.29, 1.82) is 0 Å². The van der Waals surface area contributed by atoms with Crippen molar-refractivity contribution in [3.05, 3.63) is 11.9 Å². The molecule has 0 fully saturated rings. The van der Waals surface area contributed by atoms with Gasteiger partial charge >= 0.3 is 0 Å². The first-order chi connectivity index (χ1) is 6.61. The van der Waals surface area contributed by atoms with Crippen molar-refractivity contribution in [1.82, 2.24) is 26.1 Å². The van der Waals surface area contributed by atoms with Gasteiger partial charge in [-0.2, -0.15) is 0 Å². The second-order valence-electron chi connectivity index (χ2n) is 3.44. The normalized spacial score (nSPS) is 23.2. The monoisotopic (exact) mass is 219 g/mol. The van der Waals surface area contributed by atoms with Gasteiger partial charge < -0.3 is 5.32 Å². The lowest BCUT2D eigenvalue weighted by atomic mass is 10.3. The molecule has 1 rings (SSSR count). The molecule has 0 spiro atoms. The van der Waals surface area contributed by atoms with Gasteiger partial charge in [-0.25, -0.2) is 5.43 Å². The number of nitrogens with one attached hydrogen (secondary N) is 4. The third-order valence-electron chi connectivity index (χ3n) is 1.67. The van der Waals surface area contributed by atoms with Gasteiger partial charge in [-0.1, -0.05) is 11.6 Å². The summed E-state index contributed by atoms with van der Waals surface area (Å²) in [6, 6.07) is 0.374. The van der Waals surface area contributed by atoms with Crippen LogP contribution in [0.1, 0.15) is 20.8 Å². The molecular formula is C8H18ClN5. The summed E-state index contributed by atoms with van der Waals surface area (Å²) < 4.78 is 1.32. The van der Waals surface area contributed by atoms with E-state index in [1.807, 2.05) is 13.0 Å². The topological polar surface area (TPSA) is 51.4 Å². The molecule has 0 amide bonds. The van der Waals surface area contributed by atoms with Gasteiger partial charge in [-0.15, -0.1) is 0 Å². The number of halogens is 1. The van der Waals surface area contributed by atoms with Crippen LogP contribution in [0.15, 0.2) is 11.9 Å². The molecule has 1 heterocycles. The van der Waals surface area contributed by atoms with Crippen LogP contribution in [0.5, 0.6) is 0 Å². The number of hydrogen-bond acceptors (Lipinski definition) is 5. The number of hydrogen-bond donors (Lipinski definition) is 4. The minimum absolute atomic E-state index is 0.0556. The van der Waals surface area contributed by atoms with Gasteiger partial charge in [0.25, 0.3) is 0 Å². The van der Waals surface area contributed by atoms with E-state index in [0.717, 1.165) is 12.4 Å². The molecule has 6 heteroatoms. The van der Waals surface area contributed by atoms with E-state index in [1.54, 1.807) is 0 Å². The Kier molecular flexibility index (Phi) is 4.47. The highest BCUT2D eigenvalue weighted by Crippen LogP contribution is 2.00. The molecule has 0 aliphatic carbocycles. The van der Waals surface area contributed by atoms with Crippen LogP contribution in [0.25, 0.3) is 0 Å². The van der Waals surface area contributed by atoms with Crippen molar-refractivity contribution in [2.75, 3.05) is 6.54 Å². The Balaban J connectivity index is 2.54. The fraction of sp³-hybridized carbons (Fsp3) is 0.750. The van der Waals surface area contributed by atoms with E-state index in [4.69, 9.17) is 11.8 Å². The zero-order chi connectivity index (χ0) is 10.6. The SMILES string of the molecule is CCNC1C=C(NC(C)C)NN(Cl)N1. The van der Waals surface area contributed by atoms with Gasteiger partial charge in [0.15, 0.2) is 0 Å². The Bertz CT molecular complexity index is 206. The molecule has 14 heavy (non-hydrogen) atoms. The highest BCUT2D eigenvalue weighted by Gasteiger charge is 2.16. The first-order valence-corrected chi connectivity index (χ1v) is 5.16. The molecular weight excluding hydrogens is 202 g/mol. The Morgan fingerprint density at radius 3 is 2.93 bits per heavy atom. The molecule has 82 valence electrons. The fourth-order valence-electron chi connectivity index (χ4n) is 1.22. The van der Waals surface area contributed by atoms with Crippen molar-refractivity contribution in [3.8, 4) is 0 Å². The molecule has 1 unspecified atom stereocenters. The maximum Gasteiger partial charge on any atom is 0.114 e. The highest BCUT2D eigenvalue weighted by molar-refractivity contribution is 6.12. The largest absolute Gasteiger partial charge is 0.369 e. The van der Waals surface area contributed by atoms with Crippen LogP contribution in [-0.4, -0.2) is 23.4 Å². The first-order valence-electron chi connectivity index (χ1n) is 4.82. The van der Waals surface area contributed by atoms with E-state index >= 15 is 0 Å². The standard InChI is InChI=1S/C8H18ClN5/c1-4-10-7-5-8(11-6(2)3)13-14(9)12-7/h5-7,10-13H,4H2,1-3H3. The summed E-state index contributed by atoms with van der Waals surface area (Å²) in [5, 5.41) is 6.47. The quantitative estimate of drug-likeness (QED) is 0.511. The summed E-state index contributed by atoms with van der Waals surface area (Å²) in [6.45, 7) is 7.08. The van der Waals surface area contributed by atoms with Gasteiger partial charge in [0.2, 0.25) is 0 Å². The van der Waals surface area contributed by atoms with E-state index in [2.05, 4.69) is 35.3 Å². The molecule has 0 saturated heterocycles. The average molecular weight is 220 g/mol. The Morgan fingerprint density at radius 2 is 2.36 bits per heavy atom. The Hall–Kier alpha value is -0.490. The van der Waals surface area contributed by atoms with Crippen LogP contribution in [0.4, 0.5) is 0 Å². The van der Waals surface area contributed by atoms with Crippen LogP contribution in [-0.2, 0) is 0 Å². The summed E-state index contributed by atoms with van der Waals surface area (Å²) in [7, 11) is 0. The summed E-state index contributed by atoms with van der Waals surface area (Å²) >= 11 is 5.82. The molecule has 0 radical (unpaired) electrons. The Morgan fingerprint density at radius 1 is 1.64 bits per heavy atom. The molecule has 0 saturated carbocycles. The third-order valence-corrected chi connectivity index (χ3v) is 1.85. The molecule has 0 aromatic heterocycles. The number of hydrazine groups is 2. The molecule has 4 N–H and O–H groups in total. The molecule has 1 aliphatic heterocycles. The lowest BCUT2D eigenvalue weighted by Gasteiger charge is -2.31. The second kappa shape index (κ2) is 5.41. The molecule has 1 atom stereocenters. The van der Waals surface area contributed by atoms with Crippen LogP contribution >= 0.6 is 11.8 Å². The fourth-order valence-corrected chi connectivity index (χ4v) is 1.41. The van der Waals surface area contributed by atoms with Crippen LogP contribution in [0.3, 0.4) is 0 Å². The Labute approximate surface area is 89.9 Å². The average Bonchev–Trinajstić information content (AvgIpc) is 2.01. The van der Waals surface area contributed by atoms with Crippen molar-refractivity contribution >= 4 is 11.8 Å². The molecule has 0 bridgehead atoms. The maximum absolute atomic E-state index is 5.82. The zero-order valence-electron chi connectivity index (χ0n) is 8.76. The molecule has 0 aromatic carbocycles. The zero-order valence-corrected chi connectivity index (χ0v) is 9.52. The van der Waals surface area contributed by atoms with Crippen molar-refractivity contribution in [2.45, 2.75) is 33.0 Å². The minimum atomic E-state index is 0.0556. The molecule has 1 aliphatic rings. The lowest BCUT2D eigenvalue weighted by Crippen LogP contribution is -2.57. The van der Waals surface area contributed by atoms with E-state index in [0.29, 0.717) is 6.04 Å². The van der Waals surface area contributed by atoms with E-state index < -0.39 is 0 Å². The molecule has 0 aromatic rings. The van der Waals surface area contributed by atoms with Crippen LogP contribution in [0.2, 0.25) is 0 Å². The molecule has 5 nitrogen and oxygen atoms in total. The third kappa shape index (κ3) is 3.71. The van der Waals surface area contributed by atoms with Crippen LogP contribution in [0, 0.1) is 0 Å². The van der Waals surface area contributed by atoms with Crippen molar-refractivity contribution < 1.29 is 0 Å². The van der Waals surface area contributed by atoms with Gasteiger partial charge in [-0.05, 0) is 26.5 Å². The number of rotatable bonds is 4. The lowest BCUT2D eigenvalue weighted by molar-refractivity contribution is 0.204. The van der Waals surface area contributed by atoms with E-state index in [-0.39, 0.29) is 6.17 Å². The second-order valence-corrected chi connectivity index (χ2v) is 3.77. The van der Waals surface area contributed by atoms with Gasteiger partial charge in [0, 0.05) is 17.8 Å². The summed E-state index contributed by atoms with van der Waals surface area (Å²) in [6.07, 6.45) is 2.07. The predicted octanol–water partition coefficient (Wildman–Crippen LogP) is 0.240. The van der Waals surface area contributed by atoms with Gasteiger partial charge in [0.1, 0.15) is 5.82 Å². The summed E-state index contributed by atoms with van der Waals surface area (Å²) in [5.41, 5.74) is 5.91.